The Hall–Kier alpha value is -3.02. The van der Waals surface area contributed by atoms with Gasteiger partial charge in [0, 0.05) is 32.7 Å². The second-order valence-electron chi connectivity index (χ2n) is 6.52. The largest absolute Gasteiger partial charge is 0.496 e. The van der Waals surface area contributed by atoms with Crippen molar-refractivity contribution in [3.8, 4) is 5.75 Å². The van der Waals surface area contributed by atoms with E-state index < -0.39 is 0 Å². The Morgan fingerprint density at radius 2 is 1.82 bits per heavy atom. The number of carbonyl (C=O) groups is 1. The van der Waals surface area contributed by atoms with Gasteiger partial charge < -0.3 is 20.7 Å². The molecule has 28 heavy (non-hydrogen) atoms. The summed E-state index contributed by atoms with van der Waals surface area (Å²) in [7, 11) is 5.09. The van der Waals surface area contributed by atoms with E-state index in [1.165, 1.54) is 11.1 Å². The molecule has 0 heterocycles. The Balaban J connectivity index is 1.81. The van der Waals surface area contributed by atoms with Crippen LogP contribution in [0.5, 0.6) is 5.75 Å². The molecule has 0 bridgehead atoms. The van der Waals surface area contributed by atoms with Gasteiger partial charge in [-0.05, 0) is 49.1 Å². The van der Waals surface area contributed by atoms with Gasteiger partial charge in [-0.3, -0.25) is 9.79 Å². The number of guanidine groups is 1. The number of methoxy groups -OCH3 is 1. The molecule has 0 aliphatic heterocycles. The number of amides is 1. The van der Waals surface area contributed by atoms with Crippen LogP contribution < -0.4 is 20.7 Å². The number of carbonyl (C=O) groups excluding carboxylic acids is 1. The van der Waals surface area contributed by atoms with E-state index in [1.807, 2.05) is 30.3 Å². The molecule has 6 heteroatoms. The molecular weight excluding hydrogens is 352 g/mol. The van der Waals surface area contributed by atoms with Gasteiger partial charge in [0.05, 0.1) is 7.11 Å². The number of aryl methyl sites for hydroxylation is 1. The molecule has 0 fully saturated rings. The molecule has 2 aromatic carbocycles. The molecule has 0 aliphatic rings. The van der Waals surface area contributed by atoms with Crippen molar-refractivity contribution in [3.63, 3.8) is 0 Å². The van der Waals surface area contributed by atoms with E-state index in [1.54, 1.807) is 21.2 Å². The molecule has 2 aromatic rings. The van der Waals surface area contributed by atoms with Crippen molar-refractivity contribution in [1.82, 2.24) is 16.0 Å². The average Bonchev–Trinajstić information content (AvgIpc) is 2.72. The predicted octanol–water partition coefficient (Wildman–Crippen LogP) is 2.31. The quantitative estimate of drug-likeness (QED) is 0.484. The highest BCUT2D eigenvalue weighted by Gasteiger charge is 2.05. The van der Waals surface area contributed by atoms with Crippen LogP contribution in [0.4, 0.5) is 0 Å². The minimum atomic E-state index is -0.0705. The van der Waals surface area contributed by atoms with Gasteiger partial charge in [-0.25, -0.2) is 0 Å². The first-order valence-electron chi connectivity index (χ1n) is 9.46. The lowest BCUT2D eigenvalue weighted by Crippen LogP contribution is -2.39. The van der Waals surface area contributed by atoms with E-state index >= 15 is 0 Å². The summed E-state index contributed by atoms with van der Waals surface area (Å²) in [4.78, 5) is 16.0. The number of rotatable bonds is 8. The Morgan fingerprint density at radius 3 is 2.50 bits per heavy atom. The van der Waals surface area contributed by atoms with Crippen molar-refractivity contribution in [3.05, 3.63) is 64.7 Å². The first kappa shape index (κ1) is 21.3. The summed E-state index contributed by atoms with van der Waals surface area (Å²) in [5.41, 5.74) is 4.18. The number of nitrogens with zero attached hydrogens (tertiary/aromatic N) is 1. The first-order chi connectivity index (χ1) is 13.6. The van der Waals surface area contributed by atoms with Crippen molar-refractivity contribution in [2.75, 3.05) is 34.3 Å². The summed E-state index contributed by atoms with van der Waals surface area (Å²) < 4.78 is 5.43. The van der Waals surface area contributed by atoms with Crippen LogP contribution in [-0.4, -0.2) is 46.2 Å². The zero-order valence-electron chi connectivity index (χ0n) is 17.1. The van der Waals surface area contributed by atoms with Crippen LogP contribution in [0.3, 0.4) is 0 Å². The molecule has 2 rings (SSSR count). The highest BCUT2D eigenvalue weighted by molar-refractivity contribution is 5.94. The summed E-state index contributed by atoms with van der Waals surface area (Å²) >= 11 is 0. The number of hydrogen-bond acceptors (Lipinski definition) is 3. The SMILES string of the molecule is CN=C(NCCc1cccc(C(=O)NC)c1)NCCc1cc(C)ccc1OC. The van der Waals surface area contributed by atoms with Gasteiger partial charge in [0.15, 0.2) is 5.96 Å². The fourth-order valence-electron chi connectivity index (χ4n) is 2.98. The third-order valence-electron chi connectivity index (χ3n) is 4.47. The molecule has 0 aliphatic carbocycles. The molecule has 0 unspecified atom stereocenters. The second-order valence-corrected chi connectivity index (χ2v) is 6.52. The zero-order chi connectivity index (χ0) is 20.4. The third-order valence-corrected chi connectivity index (χ3v) is 4.47. The number of ether oxygens (including phenoxy) is 1. The van der Waals surface area contributed by atoms with Crippen molar-refractivity contribution in [2.45, 2.75) is 19.8 Å². The molecule has 0 aromatic heterocycles. The summed E-state index contributed by atoms with van der Waals surface area (Å²) in [6.07, 6.45) is 1.65. The maximum absolute atomic E-state index is 11.7. The normalized spacial score (nSPS) is 11.1. The fourth-order valence-corrected chi connectivity index (χ4v) is 2.98. The van der Waals surface area contributed by atoms with Crippen molar-refractivity contribution in [1.29, 1.82) is 0 Å². The van der Waals surface area contributed by atoms with Gasteiger partial charge in [-0.2, -0.15) is 0 Å². The van der Waals surface area contributed by atoms with E-state index in [-0.39, 0.29) is 5.91 Å². The number of nitrogens with one attached hydrogen (secondary N) is 3. The molecule has 150 valence electrons. The van der Waals surface area contributed by atoms with Crippen LogP contribution in [0.1, 0.15) is 27.0 Å². The van der Waals surface area contributed by atoms with E-state index in [2.05, 4.69) is 40.0 Å². The second kappa shape index (κ2) is 11.0. The van der Waals surface area contributed by atoms with Crippen LogP contribution in [-0.2, 0) is 12.8 Å². The standard InChI is InChI=1S/C22H30N4O2/c1-16-8-9-20(28-4)18(14-16)11-13-26-22(24-3)25-12-10-17-6-5-7-19(15-17)21(27)23-2/h5-9,14-15H,10-13H2,1-4H3,(H,23,27)(H2,24,25,26). The number of benzene rings is 2. The van der Waals surface area contributed by atoms with Crippen LogP contribution in [0, 0.1) is 6.92 Å². The van der Waals surface area contributed by atoms with Gasteiger partial charge in [-0.15, -0.1) is 0 Å². The van der Waals surface area contributed by atoms with E-state index in [0.717, 1.165) is 43.2 Å². The van der Waals surface area contributed by atoms with Gasteiger partial charge in [0.25, 0.3) is 5.91 Å². The lowest BCUT2D eigenvalue weighted by Gasteiger charge is -2.14. The number of hydrogen-bond donors (Lipinski definition) is 3. The minimum Gasteiger partial charge on any atom is -0.496 e. The molecule has 6 nitrogen and oxygen atoms in total. The highest BCUT2D eigenvalue weighted by Crippen LogP contribution is 2.19. The third kappa shape index (κ3) is 6.30. The fraction of sp³-hybridized carbons (Fsp3) is 0.364. The first-order valence-corrected chi connectivity index (χ1v) is 9.46. The molecule has 0 radical (unpaired) electrons. The molecule has 0 saturated carbocycles. The van der Waals surface area contributed by atoms with E-state index in [9.17, 15) is 4.79 Å². The van der Waals surface area contributed by atoms with Gasteiger partial charge in [-0.1, -0.05) is 29.8 Å². The monoisotopic (exact) mass is 382 g/mol. The summed E-state index contributed by atoms with van der Waals surface area (Å²) in [6, 6.07) is 13.9. The minimum absolute atomic E-state index is 0.0705. The Labute approximate surface area is 167 Å². The lowest BCUT2D eigenvalue weighted by atomic mass is 10.1. The van der Waals surface area contributed by atoms with Gasteiger partial charge >= 0.3 is 0 Å². The Kier molecular flexibility index (Phi) is 8.34. The molecule has 3 N–H and O–H groups in total. The maximum atomic E-state index is 11.7. The van der Waals surface area contributed by atoms with Crippen LogP contribution in [0.25, 0.3) is 0 Å². The Morgan fingerprint density at radius 1 is 1.07 bits per heavy atom. The summed E-state index contributed by atoms with van der Waals surface area (Å²) in [6.45, 7) is 3.56. The Bertz CT molecular complexity index is 818. The zero-order valence-corrected chi connectivity index (χ0v) is 17.1. The topological polar surface area (TPSA) is 74.8 Å². The smallest absolute Gasteiger partial charge is 0.251 e. The summed E-state index contributed by atoms with van der Waals surface area (Å²) in [5, 5.41) is 9.29. The molecular formula is C22H30N4O2. The predicted molar refractivity (Wildman–Crippen MR) is 114 cm³/mol. The summed E-state index contributed by atoms with van der Waals surface area (Å²) in [5.74, 6) is 1.60. The van der Waals surface area contributed by atoms with Gasteiger partial charge in [0.1, 0.15) is 5.75 Å². The van der Waals surface area contributed by atoms with E-state index in [4.69, 9.17) is 4.74 Å². The van der Waals surface area contributed by atoms with Crippen LogP contribution in [0.2, 0.25) is 0 Å². The van der Waals surface area contributed by atoms with Gasteiger partial charge in [0.2, 0.25) is 0 Å². The number of aliphatic imine (C=N–C) groups is 1. The molecule has 0 spiro atoms. The molecule has 0 saturated heterocycles. The van der Waals surface area contributed by atoms with Crippen LogP contribution in [0.15, 0.2) is 47.5 Å². The highest BCUT2D eigenvalue weighted by atomic mass is 16.5. The maximum Gasteiger partial charge on any atom is 0.251 e. The average molecular weight is 383 g/mol. The van der Waals surface area contributed by atoms with Crippen molar-refractivity contribution >= 4 is 11.9 Å². The molecule has 1 amide bonds. The van der Waals surface area contributed by atoms with Crippen molar-refractivity contribution < 1.29 is 9.53 Å². The van der Waals surface area contributed by atoms with Crippen LogP contribution >= 0.6 is 0 Å². The molecule has 0 atom stereocenters. The van der Waals surface area contributed by atoms with E-state index in [0.29, 0.717) is 5.56 Å². The lowest BCUT2D eigenvalue weighted by molar-refractivity contribution is 0.0963. The van der Waals surface area contributed by atoms with Crippen molar-refractivity contribution in [2.24, 2.45) is 4.99 Å².